The van der Waals surface area contributed by atoms with Crippen LogP contribution in [0.25, 0.3) is 0 Å². The zero-order valence-electron chi connectivity index (χ0n) is 8.96. The molecule has 1 aromatic rings. The summed E-state index contributed by atoms with van der Waals surface area (Å²) in [6.45, 7) is -5.09. The minimum absolute atomic E-state index is 0.185. The van der Waals surface area contributed by atoms with Crippen molar-refractivity contribution in [1.82, 2.24) is 4.57 Å². The van der Waals surface area contributed by atoms with E-state index in [0.29, 0.717) is 23.8 Å². The van der Waals surface area contributed by atoms with Gasteiger partial charge in [0.2, 0.25) is 5.56 Å². The fourth-order valence-electron chi connectivity index (χ4n) is 2.10. The van der Waals surface area contributed by atoms with E-state index in [9.17, 15) is 22.5 Å². The van der Waals surface area contributed by atoms with Gasteiger partial charge in [0.05, 0.1) is 0 Å². The normalized spacial score (nSPS) is 15.8. The van der Waals surface area contributed by atoms with Crippen molar-refractivity contribution in [1.29, 1.82) is 0 Å². The van der Waals surface area contributed by atoms with E-state index in [4.69, 9.17) is 0 Å². The van der Waals surface area contributed by atoms with Gasteiger partial charge in [-0.25, -0.2) is 0 Å². The first kappa shape index (κ1) is 11.9. The summed E-state index contributed by atoms with van der Waals surface area (Å²) >= 11 is 0. The second-order valence-electron chi connectivity index (χ2n) is 4.13. The summed E-state index contributed by atoms with van der Waals surface area (Å²) in [6.07, 6.45) is -0.0822. The molecule has 0 bridgehead atoms. The molecule has 92 valence electrons. The molecule has 1 aliphatic carbocycles. The lowest BCUT2D eigenvalue weighted by Gasteiger charge is -2.23. The van der Waals surface area contributed by atoms with Crippen LogP contribution in [-0.2, 0) is 12.9 Å². The number of halogens is 3. The van der Waals surface area contributed by atoms with Crippen molar-refractivity contribution in [3.8, 4) is 0 Å². The Labute approximate surface area is 95.3 Å². The van der Waals surface area contributed by atoms with E-state index >= 15 is 0 Å². The lowest BCUT2D eigenvalue weighted by molar-refractivity contribution is 0.0970. The van der Waals surface area contributed by atoms with Gasteiger partial charge in [-0.1, -0.05) is 0 Å². The van der Waals surface area contributed by atoms with Gasteiger partial charge < -0.3 is 17.5 Å². The molecule has 7 heteroatoms. The highest BCUT2D eigenvalue weighted by molar-refractivity contribution is 6.57. The van der Waals surface area contributed by atoms with E-state index in [1.54, 1.807) is 0 Å². The number of pyridine rings is 1. The van der Waals surface area contributed by atoms with Crippen LogP contribution < -0.4 is 5.56 Å². The average Bonchev–Trinajstić information content (AvgIpc) is 2.21. The molecule has 0 saturated carbocycles. The summed E-state index contributed by atoms with van der Waals surface area (Å²) in [6, 6.07) is 2.36. The standard InChI is InChI=1S/C10H10BF3NO2/c12-11(13,14)6-15-8-2-1-3-9(16)7(8)4-5-10(15)17/h4-5H,1-3,6H2/q-1. The van der Waals surface area contributed by atoms with Gasteiger partial charge in [-0.15, -0.1) is 0 Å². The molecule has 0 unspecified atom stereocenters. The fraction of sp³-hybridized carbons (Fsp3) is 0.400. The predicted octanol–water partition coefficient (Wildman–Crippen LogP) is 1.75. The van der Waals surface area contributed by atoms with Gasteiger partial charge in [-0.3, -0.25) is 9.59 Å². The molecule has 3 nitrogen and oxygen atoms in total. The van der Waals surface area contributed by atoms with Crippen molar-refractivity contribution in [2.45, 2.75) is 25.7 Å². The Kier molecular flexibility index (Phi) is 2.85. The maximum atomic E-state index is 12.4. The Bertz CT molecular complexity index is 521. The topological polar surface area (TPSA) is 39.1 Å². The second kappa shape index (κ2) is 4.05. The zero-order chi connectivity index (χ0) is 12.6. The lowest BCUT2D eigenvalue weighted by atomic mass is 9.89. The Morgan fingerprint density at radius 2 is 1.88 bits per heavy atom. The molecular formula is C10H10BF3NO2-. The zero-order valence-corrected chi connectivity index (χ0v) is 8.96. The summed E-state index contributed by atoms with van der Waals surface area (Å²) in [5, 5.41) is 0. The highest BCUT2D eigenvalue weighted by atomic mass is 19.4. The van der Waals surface area contributed by atoms with Crippen LogP contribution in [0, 0.1) is 0 Å². The van der Waals surface area contributed by atoms with E-state index in [1.807, 2.05) is 0 Å². The second-order valence-corrected chi connectivity index (χ2v) is 4.13. The van der Waals surface area contributed by atoms with Gasteiger partial charge in [0.1, 0.15) is 0 Å². The average molecular weight is 244 g/mol. The van der Waals surface area contributed by atoms with E-state index in [2.05, 4.69) is 0 Å². The van der Waals surface area contributed by atoms with Crippen LogP contribution in [0.3, 0.4) is 0 Å². The first-order valence-corrected chi connectivity index (χ1v) is 5.35. The van der Waals surface area contributed by atoms with Gasteiger partial charge in [-0.2, -0.15) is 0 Å². The third-order valence-electron chi connectivity index (χ3n) is 2.80. The third-order valence-corrected chi connectivity index (χ3v) is 2.80. The van der Waals surface area contributed by atoms with Crippen LogP contribution in [0.4, 0.5) is 12.9 Å². The Hall–Kier alpha value is -1.53. The van der Waals surface area contributed by atoms with Crippen molar-refractivity contribution in [2.24, 2.45) is 0 Å². The van der Waals surface area contributed by atoms with Crippen LogP contribution in [0.15, 0.2) is 16.9 Å². The molecule has 1 aliphatic rings. The SMILES string of the molecule is O=C1CCCc2c1ccc(=O)n2C[B-](F)(F)F. The maximum absolute atomic E-state index is 12.4. The van der Waals surface area contributed by atoms with Crippen LogP contribution >= 0.6 is 0 Å². The molecule has 0 N–H and O–H groups in total. The van der Waals surface area contributed by atoms with E-state index < -0.39 is 19.0 Å². The number of ketones is 1. The first-order chi connectivity index (χ1) is 7.88. The Balaban J connectivity index is 2.54. The number of hydrogen-bond donors (Lipinski definition) is 0. The van der Waals surface area contributed by atoms with Crippen molar-refractivity contribution in [3.63, 3.8) is 0 Å². The molecule has 0 spiro atoms. The van der Waals surface area contributed by atoms with Crippen molar-refractivity contribution >= 4 is 12.8 Å². The molecule has 0 radical (unpaired) electrons. The summed E-state index contributed by atoms with van der Waals surface area (Å²) in [7, 11) is 0. The van der Waals surface area contributed by atoms with Crippen LogP contribution in [0.1, 0.15) is 28.9 Å². The maximum Gasteiger partial charge on any atom is 0.497 e. The summed E-state index contributed by atoms with van der Waals surface area (Å²) < 4.78 is 37.9. The first-order valence-electron chi connectivity index (χ1n) is 5.35. The van der Waals surface area contributed by atoms with Crippen LogP contribution in [-0.4, -0.2) is 17.3 Å². The van der Waals surface area contributed by atoms with E-state index in [-0.39, 0.29) is 17.0 Å². The van der Waals surface area contributed by atoms with Gasteiger partial charge >= 0.3 is 6.98 Å². The summed E-state index contributed by atoms with van der Waals surface area (Å²) in [5.41, 5.74) is -0.207. The van der Waals surface area contributed by atoms with Crippen LogP contribution in [0.2, 0.25) is 0 Å². The molecule has 17 heavy (non-hydrogen) atoms. The molecule has 0 fully saturated rings. The van der Waals surface area contributed by atoms with Gasteiger partial charge in [0.15, 0.2) is 5.78 Å². The number of rotatable bonds is 2. The van der Waals surface area contributed by atoms with E-state index in [0.717, 1.165) is 6.07 Å². The highest BCUT2D eigenvalue weighted by Gasteiger charge is 2.28. The molecule has 0 atom stereocenters. The predicted molar refractivity (Wildman–Crippen MR) is 57.0 cm³/mol. The largest absolute Gasteiger partial charge is 0.497 e. The summed E-state index contributed by atoms with van der Waals surface area (Å²) in [5.74, 6) is -0.185. The number of nitrogens with zero attached hydrogens (tertiary/aromatic N) is 1. The summed E-state index contributed by atoms with van der Waals surface area (Å²) in [4.78, 5) is 23.0. The molecule has 1 aromatic heterocycles. The highest BCUT2D eigenvalue weighted by Crippen LogP contribution is 2.21. The Morgan fingerprint density at radius 3 is 2.53 bits per heavy atom. The van der Waals surface area contributed by atoms with Gasteiger partial charge in [0, 0.05) is 23.7 Å². The molecular weight excluding hydrogens is 234 g/mol. The molecule has 0 saturated heterocycles. The molecule has 0 amide bonds. The van der Waals surface area contributed by atoms with Crippen LogP contribution in [0.5, 0.6) is 0 Å². The smallest absolute Gasteiger partial charge is 0.448 e. The third kappa shape index (κ3) is 2.43. The van der Waals surface area contributed by atoms with Crippen molar-refractivity contribution in [2.75, 3.05) is 0 Å². The van der Waals surface area contributed by atoms with Gasteiger partial charge in [0.25, 0.3) is 0 Å². The minimum Gasteiger partial charge on any atom is -0.448 e. The molecule has 0 aliphatic heterocycles. The molecule has 2 rings (SSSR count). The molecule has 0 aromatic carbocycles. The number of aromatic nitrogens is 1. The quantitative estimate of drug-likeness (QED) is 0.743. The lowest BCUT2D eigenvalue weighted by Crippen LogP contribution is -2.35. The number of hydrogen-bond acceptors (Lipinski definition) is 2. The molecule has 1 heterocycles. The van der Waals surface area contributed by atoms with E-state index in [1.165, 1.54) is 6.07 Å². The van der Waals surface area contributed by atoms with Gasteiger partial charge in [-0.05, 0) is 25.4 Å². The number of Topliss-reactive ketones (excluding diaryl/α,β-unsaturated/α-hetero) is 1. The minimum atomic E-state index is -5.09. The van der Waals surface area contributed by atoms with Crippen molar-refractivity contribution in [3.05, 3.63) is 33.7 Å². The fourth-order valence-corrected chi connectivity index (χ4v) is 2.10. The Morgan fingerprint density at radius 1 is 1.18 bits per heavy atom. The van der Waals surface area contributed by atoms with Crippen molar-refractivity contribution < 1.29 is 17.7 Å². The number of fused-ring (bicyclic) bond motifs is 1. The number of carbonyl (C=O) groups is 1. The number of carbonyl (C=O) groups excluding carboxylic acids is 1. The monoisotopic (exact) mass is 244 g/mol.